The molecule has 0 atom stereocenters. The van der Waals surface area contributed by atoms with Gasteiger partial charge in [0.15, 0.2) is 5.82 Å². The third-order valence-electron chi connectivity index (χ3n) is 3.86. The van der Waals surface area contributed by atoms with Gasteiger partial charge in [-0.05, 0) is 12.8 Å². The third-order valence-corrected chi connectivity index (χ3v) is 5.90. The monoisotopic (exact) mass is 345 g/mol. The molecule has 1 fully saturated rings. The van der Waals surface area contributed by atoms with Gasteiger partial charge in [-0.2, -0.15) is 22.0 Å². The second-order valence-corrected chi connectivity index (χ2v) is 7.74. The van der Waals surface area contributed by atoms with E-state index in [1.807, 2.05) is 13.8 Å². The van der Waals surface area contributed by atoms with Crippen molar-refractivity contribution in [2.24, 2.45) is 0 Å². The molecule has 0 aromatic carbocycles. The van der Waals surface area contributed by atoms with E-state index in [2.05, 4.69) is 15.0 Å². The molecule has 0 unspecified atom stereocenters. The van der Waals surface area contributed by atoms with Gasteiger partial charge >= 0.3 is 0 Å². The first kappa shape index (κ1) is 18.3. The molecule has 1 aromatic rings. The summed E-state index contributed by atoms with van der Waals surface area (Å²) in [5.74, 6) is 1.20. The quantitative estimate of drug-likeness (QED) is 0.695. The van der Waals surface area contributed by atoms with Crippen LogP contribution >= 0.6 is 0 Å². The van der Waals surface area contributed by atoms with E-state index in [4.69, 9.17) is 4.52 Å². The molecule has 8 nitrogen and oxygen atoms in total. The minimum absolute atomic E-state index is 0.503. The van der Waals surface area contributed by atoms with Crippen LogP contribution in [0.2, 0.25) is 0 Å². The number of aryl methyl sites for hydroxylation is 1. The summed E-state index contributed by atoms with van der Waals surface area (Å²) in [6.07, 6.45) is 1.66. The Morgan fingerprint density at radius 1 is 1.13 bits per heavy atom. The molecule has 132 valence electrons. The van der Waals surface area contributed by atoms with Crippen LogP contribution in [0.25, 0.3) is 0 Å². The maximum Gasteiger partial charge on any atom is 0.282 e. The van der Waals surface area contributed by atoms with E-state index in [-0.39, 0.29) is 0 Å². The molecule has 1 aromatic heterocycles. The Morgan fingerprint density at radius 3 is 2.22 bits per heavy atom. The largest absolute Gasteiger partial charge is 0.340 e. The molecule has 1 aliphatic rings. The van der Waals surface area contributed by atoms with Crippen LogP contribution in [0.3, 0.4) is 0 Å². The summed E-state index contributed by atoms with van der Waals surface area (Å²) in [5.41, 5.74) is 0. The summed E-state index contributed by atoms with van der Waals surface area (Å²) < 4.78 is 33.6. The highest BCUT2D eigenvalue weighted by atomic mass is 32.2. The highest BCUT2D eigenvalue weighted by Crippen LogP contribution is 2.14. The molecule has 1 saturated heterocycles. The maximum atomic E-state index is 12.7. The fraction of sp³-hybridized carbons (Fsp3) is 0.857. The highest BCUT2D eigenvalue weighted by molar-refractivity contribution is 7.86. The SMILES string of the molecule is CCCN(CCC)S(=O)(=O)N1CCN(Cc2noc(C)n2)CC1. The van der Waals surface area contributed by atoms with Crippen LogP contribution in [0.4, 0.5) is 0 Å². The zero-order valence-electron chi connectivity index (χ0n) is 14.2. The van der Waals surface area contributed by atoms with Crippen molar-refractivity contribution in [1.29, 1.82) is 0 Å². The second kappa shape index (κ2) is 8.18. The van der Waals surface area contributed by atoms with E-state index in [9.17, 15) is 8.42 Å². The molecule has 0 spiro atoms. The number of hydrogen-bond acceptors (Lipinski definition) is 6. The van der Waals surface area contributed by atoms with E-state index < -0.39 is 10.2 Å². The number of hydrogen-bond donors (Lipinski definition) is 0. The van der Waals surface area contributed by atoms with E-state index in [1.54, 1.807) is 15.5 Å². The van der Waals surface area contributed by atoms with Gasteiger partial charge in [0.1, 0.15) is 0 Å². The Kier molecular flexibility index (Phi) is 6.51. The molecule has 2 rings (SSSR count). The van der Waals surface area contributed by atoms with Crippen LogP contribution in [0.1, 0.15) is 38.4 Å². The summed E-state index contributed by atoms with van der Waals surface area (Å²) in [4.78, 5) is 6.34. The molecule has 0 N–H and O–H groups in total. The lowest BCUT2D eigenvalue weighted by molar-refractivity contribution is 0.170. The van der Waals surface area contributed by atoms with Gasteiger partial charge < -0.3 is 4.52 Å². The Balaban J connectivity index is 1.91. The topological polar surface area (TPSA) is 82.8 Å². The number of piperazine rings is 1. The molecular formula is C14H27N5O3S. The highest BCUT2D eigenvalue weighted by Gasteiger charge is 2.31. The summed E-state index contributed by atoms with van der Waals surface area (Å²) in [5, 5.41) is 3.89. The molecule has 1 aliphatic heterocycles. The lowest BCUT2D eigenvalue weighted by atomic mass is 10.3. The van der Waals surface area contributed by atoms with Gasteiger partial charge in [-0.1, -0.05) is 19.0 Å². The van der Waals surface area contributed by atoms with E-state index >= 15 is 0 Å². The molecular weight excluding hydrogens is 318 g/mol. The van der Waals surface area contributed by atoms with Gasteiger partial charge in [-0.15, -0.1) is 0 Å². The molecule has 0 aliphatic carbocycles. The van der Waals surface area contributed by atoms with Crippen LogP contribution in [-0.2, 0) is 16.8 Å². The number of rotatable bonds is 8. The van der Waals surface area contributed by atoms with Crippen molar-refractivity contribution in [2.75, 3.05) is 39.3 Å². The van der Waals surface area contributed by atoms with Crippen molar-refractivity contribution in [2.45, 2.75) is 40.2 Å². The first-order chi connectivity index (χ1) is 11.0. The van der Waals surface area contributed by atoms with Crippen molar-refractivity contribution < 1.29 is 12.9 Å². The van der Waals surface area contributed by atoms with E-state index in [0.717, 1.165) is 12.8 Å². The lowest BCUT2D eigenvalue weighted by Crippen LogP contribution is -2.53. The zero-order chi connectivity index (χ0) is 16.9. The minimum Gasteiger partial charge on any atom is -0.340 e. The molecule has 9 heteroatoms. The van der Waals surface area contributed by atoms with Crippen molar-refractivity contribution >= 4 is 10.2 Å². The van der Waals surface area contributed by atoms with Crippen molar-refractivity contribution in [1.82, 2.24) is 23.7 Å². The maximum absolute atomic E-state index is 12.7. The molecule has 0 saturated carbocycles. The summed E-state index contributed by atoms with van der Waals surface area (Å²) in [7, 11) is -3.35. The zero-order valence-corrected chi connectivity index (χ0v) is 15.0. The Bertz CT molecular complexity index is 575. The molecule has 0 amide bonds. The first-order valence-corrected chi connectivity index (χ1v) is 9.63. The molecule has 0 radical (unpaired) electrons. The van der Waals surface area contributed by atoms with Crippen molar-refractivity contribution in [3.63, 3.8) is 0 Å². The van der Waals surface area contributed by atoms with Crippen molar-refractivity contribution in [3.8, 4) is 0 Å². The summed E-state index contributed by atoms with van der Waals surface area (Å²) >= 11 is 0. The smallest absolute Gasteiger partial charge is 0.282 e. The van der Waals surface area contributed by atoms with Crippen LogP contribution in [0.5, 0.6) is 0 Å². The number of nitrogens with zero attached hydrogens (tertiary/aromatic N) is 5. The lowest BCUT2D eigenvalue weighted by Gasteiger charge is -2.36. The van der Waals surface area contributed by atoms with Gasteiger partial charge in [0.05, 0.1) is 6.54 Å². The molecule has 23 heavy (non-hydrogen) atoms. The molecule has 2 heterocycles. The summed E-state index contributed by atoms with van der Waals surface area (Å²) in [6, 6.07) is 0. The second-order valence-electron chi connectivity index (χ2n) is 5.81. The minimum atomic E-state index is -3.35. The van der Waals surface area contributed by atoms with Crippen LogP contribution in [-0.4, -0.2) is 71.3 Å². The van der Waals surface area contributed by atoms with E-state index in [0.29, 0.717) is 57.5 Å². The fourth-order valence-corrected chi connectivity index (χ4v) is 4.51. The van der Waals surface area contributed by atoms with Gasteiger partial charge in [0.2, 0.25) is 5.89 Å². The average molecular weight is 345 g/mol. The molecule has 0 bridgehead atoms. The fourth-order valence-electron chi connectivity index (χ4n) is 2.73. The first-order valence-electron chi connectivity index (χ1n) is 8.24. The normalized spacial score (nSPS) is 17.9. The van der Waals surface area contributed by atoms with Gasteiger partial charge in [-0.3, -0.25) is 4.90 Å². The third kappa shape index (κ3) is 4.72. The standard InChI is InChI=1S/C14H27N5O3S/c1-4-6-18(7-5-2)23(20,21)19-10-8-17(9-11-19)12-14-15-13(3)22-16-14/h4-12H2,1-3H3. The Hall–Kier alpha value is -1.03. The average Bonchev–Trinajstić information content (AvgIpc) is 2.93. The Morgan fingerprint density at radius 2 is 1.74 bits per heavy atom. The predicted molar refractivity (Wildman–Crippen MR) is 87.0 cm³/mol. The van der Waals surface area contributed by atoms with Gasteiger partial charge in [0.25, 0.3) is 10.2 Å². The van der Waals surface area contributed by atoms with E-state index in [1.165, 1.54) is 0 Å². The van der Waals surface area contributed by atoms with Gasteiger partial charge in [-0.25, -0.2) is 0 Å². The van der Waals surface area contributed by atoms with Crippen LogP contribution in [0.15, 0.2) is 4.52 Å². The van der Waals surface area contributed by atoms with Crippen molar-refractivity contribution in [3.05, 3.63) is 11.7 Å². The van der Waals surface area contributed by atoms with Crippen LogP contribution in [0, 0.1) is 6.92 Å². The van der Waals surface area contributed by atoms with Crippen LogP contribution < -0.4 is 0 Å². The summed E-state index contributed by atoms with van der Waals surface area (Å²) in [6.45, 7) is 9.89. The number of aromatic nitrogens is 2. The Labute approximate surface area is 138 Å². The van der Waals surface area contributed by atoms with Gasteiger partial charge in [0, 0.05) is 46.2 Å². The predicted octanol–water partition coefficient (Wildman–Crippen LogP) is 0.862.